The molecule has 0 radical (unpaired) electrons. The number of benzene rings is 1. The summed E-state index contributed by atoms with van der Waals surface area (Å²) in [7, 11) is 0. The Bertz CT molecular complexity index is 555. The highest BCUT2D eigenvalue weighted by atomic mass is 19.1. The van der Waals surface area contributed by atoms with E-state index in [0.717, 1.165) is 6.07 Å². The van der Waals surface area contributed by atoms with Crippen molar-refractivity contribution in [1.82, 2.24) is 10.2 Å². The van der Waals surface area contributed by atoms with Crippen LogP contribution in [0.15, 0.2) is 18.2 Å². The zero-order valence-corrected chi connectivity index (χ0v) is 12.6. The Kier molecular flexibility index (Phi) is 5.46. The first kappa shape index (κ1) is 16.4. The molecule has 4 nitrogen and oxygen atoms in total. The van der Waals surface area contributed by atoms with E-state index in [9.17, 15) is 18.4 Å². The lowest BCUT2D eigenvalue weighted by molar-refractivity contribution is -0.133. The fourth-order valence-corrected chi connectivity index (χ4v) is 2.65. The summed E-state index contributed by atoms with van der Waals surface area (Å²) in [5, 5.41) is 2.78. The van der Waals surface area contributed by atoms with Crippen LogP contribution in [0.4, 0.5) is 8.78 Å². The second-order valence-electron chi connectivity index (χ2n) is 5.56. The molecule has 1 aliphatic rings. The monoisotopic (exact) mass is 310 g/mol. The van der Waals surface area contributed by atoms with Crippen LogP contribution < -0.4 is 5.32 Å². The summed E-state index contributed by atoms with van der Waals surface area (Å²) < 4.78 is 26.2. The Morgan fingerprint density at radius 2 is 1.95 bits per heavy atom. The molecule has 22 heavy (non-hydrogen) atoms. The smallest absolute Gasteiger partial charge is 0.223 e. The summed E-state index contributed by atoms with van der Waals surface area (Å²) in [6.45, 7) is 3.03. The van der Waals surface area contributed by atoms with Crippen LogP contribution in [-0.2, 0) is 16.0 Å². The molecule has 1 aromatic carbocycles. The predicted molar refractivity (Wildman–Crippen MR) is 78.0 cm³/mol. The maximum absolute atomic E-state index is 13.5. The van der Waals surface area contributed by atoms with E-state index in [-0.39, 0.29) is 17.7 Å². The molecule has 0 aliphatic carbocycles. The Balaban J connectivity index is 1.75. The Labute approximate surface area is 128 Å². The van der Waals surface area contributed by atoms with Crippen molar-refractivity contribution < 1.29 is 18.4 Å². The number of rotatable bonds is 4. The van der Waals surface area contributed by atoms with Gasteiger partial charge in [-0.05, 0) is 30.9 Å². The highest BCUT2D eigenvalue weighted by Gasteiger charge is 2.25. The Hall–Kier alpha value is -1.98. The zero-order chi connectivity index (χ0) is 16.1. The average molecular weight is 310 g/mol. The van der Waals surface area contributed by atoms with E-state index in [1.807, 2.05) is 0 Å². The summed E-state index contributed by atoms with van der Waals surface area (Å²) in [5.74, 6) is -1.34. The van der Waals surface area contributed by atoms with Crippen LogP contribution in [-0.4, -0.2) is 36.3 Å². The zero-order valence-electron chi connectivity index (χ0n) is 12.6. The molecule has 1 aliphatic heterocycles. The molecule has 0 saturated carbocycles. The highest BCUT2D eigenvalue weighted by Crippen LogP contribution is 2.17. The summed E-state index contributed by atoms with van der Waals surface area (Å²) in [5.41, 5.74) is 0.382. The molecule has 1 fully saturated rings. The van der Waals surface area contributed by atoms with Crippen LogP contribution in [0.2, 0.25) is 0 Å². The number of hydrogen-bond donors (Lipinski definition) is 1. The van der Waals surface area contributed by atoms with Gasteiger partial charge in [-0.25, -0.2) is 8.78 Å². The van der Waals surface area contributed by atoms with Crippen LogP contribution in [0.3, 0.4) is 0 Å². The van der Waals surface area contributed by atoms with Gasteiger partial charge in [0.25, 0.3) is 0 Å². The van der Waals surface area contributed by atoms with Gasteiger partial charge in [-0.15, -0.1) is 0 Å². The SMILES string of the molecule is CC(=O)N1CCC(C(=O)NCCc2ccc(F)cc2F)CC1. The second-order valence-corrected chi connectivity index (χ2v) is 5.56. The minimum absolute atomic E-state index is 0.0330. The summed E-state index contributed by atoms with van der Waals surface area (Å²) in [6, 6.07) is 3.44. The lowest BCUT2D eigenvalue weighted by Gasteiger charge is -2.30. The molecule has 0 spiro atoms. The van der Waals surface area contributed by atoms with Crippen LogP contribution in [0, 0.1) is 17.6 Å². The van der Waals surface area contributed by atoms with Crippen molar-refractivity contribution in [3.8, 4) is 0 Å². The van der Waals surface area contributed by atoms with Crippen molar-refractivity contribution in [3.05, 3.63) is 35.4 Å². The molecule has 1 aromatic rings. The maximum Gasteiger partial charge on any atom is 0.223 e. The lowest BCUT2D eigenvalue weighted by Crippen LogP contribution is -2.42. The van der Waals surface area contributed by atoms with E-state index in [4.69, 9.17) is 0 Å². The van der Waals surface area contributed by atoms with Crippen LogP contribution in [0.5, 0.6) is 0 Å². The number of amides is 2. The molecule has 0 aromatic heterocycles. The number of carbonyl (C=O) groups excluding carboxylic acids is 2. The van der Waals surface area contributed by atoms with Crippen molar-refractivity contribution in [2.75, 3.05) is 19.6 Å². The van der Waals surface area contributed by atoms with Gasteiger partial charge >= 0.3 is 0 Å². The molecule has 2 amide bonds. The first-order valence-electron chi connectivity index (χ1n) is 7.44. The number of nitrogens with zero attached hydrogens (tertiary/aromatic N) is 1. The topological polar surface area (TPSA) is 49.4 Å². The standard InChI is InChI=1S/C16H20F2N2O2/c1-11(21)20-8-5-13(6-9-20)16(22)19-7-4-12-2-3-14(17)10-15(12)18/h2-3,10,13H,4-9H2,1H3,(H,19,22). The lowest BCUT2D eigenvalue weighted by atomic mass is 9.96. The molecule has 1 N–H and O–H groups in total. The Morgan fingerprint density at radius 3 is 2.55 bits per heavy atom. The van der Waals surface area contributed by atoms with Crippen LogP contribution >= 0.6 is 0 Å². The van der Waals surface area contributed by atoms with E-state index in [1.165, 1.54) is 19.1 Å². The number of carbonyl (C=O) groups is 2. The fraction of sp³-hybridized carbons (Fsp3) is 0.500. The molecule has 0 bridgehead atoms. The normalized spacial score (nSPS) is 15.7. The van der Waals surface area contributed by atoms with Gasteiger partial charge in [-0.2, -0.15) is 0 Å². The molecular weight excluding hydrogens is 290 g/mol. The number of piperidine rings is 1. The van der Waals surface area contributed by atoms with Crippen molar-refractivity contribution >= 4 is 11.8 Å². The van der Waals surface area contributed by atoms with Crippen molar-refractivity contribution in [1.29, 1.82) is 0 Å². The molecule has 1 saturated heterocycles. The van der Waals surface area contributed by atoms with Gasteiger partial charge in [-0.1, -0.05) is 6.07 Å². The minimum Gasteiger partial charge on any atom is -0.356 e. The van der Waals surface area contributed by atoms with E-state index in [1.54, 1.807) is 4.90 Å². The summed E-state index contributed by atoms with van der Waals surface area (Å²) in [6.07, 6.45) is 1.62. The van der Waals surface area contributed by atoms with Gasteiger partial charge in [0.2, 0.25) is 11.8 Å². The second kappa shape index (κ2) is 7.33. The Morgan fingerprint density at radius 1 is 1.27 bits per heavy atom. The van der Waals surface area contributed by atoms with Gasteiger partial charge in [0, 0.05) is 38.5 Å². The van der Waals surface area contributed by atoms with Gasteiger partial charge in [0.1, 0.15) is 11.6 Å². The van der Waals surface area contributed by atoms with Crippen molar-refractivity contribution in [3.63, 3.8) is 0 Å². The summed E-state index contributed by atoms with van der Waals surface area (Å²) >= 11 is 0. The third-order valence-electron chi connectivity index (χ3n) is 4.02. The van der Waals surface area contributed by atoms with Crippen LogP contribution in [0.25, 0.3) is 0 Å². The molecule has 1 heterocycles. The third kappa shape index (κ3) is 4.26. The van der Waals surface area contributed by atoms with E-state index in [2.05, 4.69) is 5.32 Å². The number of hydrogen-bond acceptors (Lipinski definition) is 2. The van der Waals surface area contributed by atoms with E-state index < -0.39 is 11.6 Å². The minimum atomic E-state index is -0.609. The molecule has 6 heteroatoms. The molecule has 0 unspecified atom stereocenters. The maximum atomic E-state index is 13.5. The van der Waals surface area contributed by atoms with E-state index in [0.29, 0.717) is 44.5 Å². The molecule has 120 valence electrons. The highest BCUT2D eigenvalue weighted by molar-refractivity contribution is 5.79. The van der Waals surface area contributed by atoms with Gasteiger partial charge in [0.15, 0.2) is 0 Å². The van der Waals surface area contributed by atoms with Crippen molar-refractivity contribution in [2.45, 2.75) is 26.2 Å². The van der Waals surface area contributed by atoms with Gasteiger partial charge < -0.3 is 10.2 Å². The van der Waals surface area contributed by atoms with Crippen LogP contribution in [0.1, 0.15) is 25.3 Å². The van der Waals surface area contributed by atoms with Gasteiger partial charge in [-0.3, -0.25) is 9.59 Å². The predicted octanol–water partition coefficient (Wildman–Crippen LogP) is 1.88. The van der Waals surface area contributed by atoms with Gasteiger partial charge in [0.05, 0.1) is 0 Å². The first-order chi connectivity index (χ1) is 10.5. The quantitative estimate of drug-likeness (QED) is 0.923. The average Bonchev–Trinajstić information content (AvgIpc) is 2.49. The summed E-state index contributed by atoms with van der Waals surface area (Å²) in [4.78, 5) is 25.0. The first-order valence-corrected chi connectivity index (χ1v) is 7.44. The van der Waals surface area contributed by atoms with E-state index >= 15 is 0 Å². The fourth-order valence-electron chi connectivity index (χ4n) is 2.65. The number of nitrogens with one attached hydrogen (secondary N) is 1. The largest absolute Gasteiger partial charge is 0.356 e. The van der Waals surface area contributed by atoms with Crippen molar-refractivity contribution in [2.24, 2.45) is 5.92 Å². The number of halogens is 2. The molecule has 0 atom stereocenters. The molecule has 2 rings (SSSR count). The molecular formula is C16H20F2N2O2. The third-order valence-corrected chi connectivity index (χ3v) is 4.02. The number of likely N-dealkylation sites (tertiary alicyclic amines) is 1.